The third-order valence-corrected chi connectivity index (χ3v) is 2.16. The van der Waals surface area contributed by atoms with Crippen LogP contribution in [0.1, 0.15) is 11.1 Å². The normalized spacial score (nSPS) is 10.1. The quantitative estimate of drug-likeness (QED) is 0.657. The largest absolute Gasteiger partial charge is 0.207 e. The summed E-state index contributed by atoms with van der Waals surface area (Å²) in [5, 5.41) is 0. The van der Waals surface area contributed by atoms with Crippen LogP contribution in [0.4, 0.5) is 4.39 Å². The van der Waals surface area contributed by atoms with Crippen LogP contribution in [0.3, 0.4) is 0 Å². The summed E-state index contributed by atoms with van der Waals surface area (Å²) in [7, 11) is 0. The molecular weight excluding hydrogens is 159 g/mol. The third kappa shape index (κ3) is 2.22. The van der Waals surface area contributed by atoms with Gasteiger partial charge in [-0.25, -0.2) is 4.39 Å². The molecule has 0 unspecified atom stereocenters. The molecule has 0 saturated carbocycles. The van der Waals surface area contributed by atoms with E-state index in [-0.39, 0.29) is 5.82 Å². The lowest BCUT2D eigenvalue weighted by Crippen LogP contribution is -1.85. The van der Waals surface area contributed by atoms with E-state index in [4.69, 9.17) is 0 Å². The molecule has 1 rings (SSSR count). The summed E-state index contributed by atoms with van der Waals surface area (Å²) in [6.07, 6.45) is 2.04. The maximum Gasteiger partial charge on any atom is 0.126 e. The van der Waals surface area contributed by atoms with E-state index in [1.54, 1.807) is 18.7 Å². The first-order chi connectivity index (χ1) is 5.24. The zero-order valence-electron chi connectivity index (χ0n) is 6.73. The lowest BCUT2D eigenvalue weighted by atomic mass is 10.1. The number of aryl methyl sites for hydroxylation is 1. The number of rotatable bonds is 2. The summed E-state index contributed by atoms with van der Waals surface area (Å²) in [6.45, 7) is 1.79. The van der Waals surface area contributed by atoms with Gasteiger partial charge in [0, 0.05) is 5.75 Å². The average Bonchev–Trinajstić information content (AvgIpc) is 1.98. The summed E-state index contributed by atoms with van der Waals surface area (Å²) >= 11 is 1.75. The van der Waals surface area contributed by atoms with E-state index in [0.717, 1.165) is 11.3 Å². The monoisotopic (exact) mass is 170 g/mol. The fraction of sp³-hybridized carbons (Fsp3) is 0.333. The second kappa shape index (κ2) is 3.77. The lowest BCUT2D eigenvalue weighted by molar-refractivity contribution is 0.618. The molecule has 1 aromatic rings. The van der Waals surface area contributed by atoms with E-state index in [0.29, 0.717) is 0 Å². The van der Waals surface area contributed by atoms with Gasteiger partial charge in [0.2, 0.25) is 0 Å². The summed E-state index contributed by atoms with van der Waals surface area (Å²) < 4.78 is 12.7. The van der Waals surface area contributed by atoms with Crippen LogP contribution in [0.5, 0.6) is 0 Å². The zero-order chi connectivity index (χ0) is 8.27. The molecule has 0 saturated heterocycles. The molecule has 0 nitrogen and oxygen atoms in total. The maximum absolute atomic E-state index is 12.7. The molecule has 0 bridgehead atoms. The highest BCUT2D eigenvalue weighted by Gasteiger charge is 1.97. The van der Waals surface area contributed by atoms with Crippen LogP contribution >= 0.6 is 11.8 Å². The van der Waals surface area contributed by atoms with Crippen molar-refractivity contribution in [1.82, 2.24) is 0 Å². The van der Waals surface area contributed by atoms with Crippen molar-refractivity contribution in [2.24, 2.45) is 0 Å². The highest BCUT2D eigenvalue weighted by molar-refractivity contribution is 7.97. The van der Waals surface area contributed by atoms with Crippen LogP contribution in [0, 0.1) is 12.7 Å². The van der Waals surface area contributed by atoms with Gasteiger partial charge < -0.3 is 0 Å². The van der Waals surface area contributed by atoms with Crippen molar-refractivity contribution in [3.8, 4) is 0 Å². The predicted molar refractivity (Wildman–Crippen MR) is 48.4 cm³/mol. The predicted octanol–water partition coefficient (Wildman–Crippen LogP) is 3.00. The van der Waals surface area contributed by atoms with Crippen LogP contribution in [0.2, 0.25) is 0 Å². The Balaban J connectivity index is 2.86. The van der Waals surface area contributed by atoms with E-state index in [2.05, 4.69) is 0 Å². The van der Waals surface area contributed by atoms with Crippen LogP contribution < -0.4 is 0 Å². The van der Waals surface area contributed by atoms with Crippen LogP contribution in [-0.4, -0.2) is 6.26 Å². The Morgan fingerprint density at radius 3 is 2.73 bits per heavy atom. The number of thioether (sulfide) groups is 1. The van der Waals surface area contributed by atoms with Crippen molar-refractivity contribution in [2.75, 3.05) is 6.26 Å². The van der Waals surface area contributed by atoms with Gasteiger partial charge in [-0.05, 0) is 30.4 Å². The van der Waals surface area contributed by atoms with Gasteiger partial charge in [-0.1, -0.05) is 12.1 Å². The molecule has 1 aromatic carbocycles. The van der Waals surface area contributed by atoms with E-state index >= 15 is 0 Å². The summed E-state index contributed by atoms with van der Waals surface area (Å²) in [4.78, 5) is 0. The molecule has 0 aromatic heterocycles. The molecule has 0 N–H and O–H groups in total. The number of benzene rings is 1. The molecule has 0 aliphatic rings. The van der Waals surface area contributed by atoms with Gasteiger partial charge in [-0.2, -0.15) is 11.8 Å². The molecule has 0 aliphatic heterocycles. The van der Waals surface area contributed by atoms with Crippen LogP contribution in [-0.2, 0) is 5.75 Å². The number of hydrogen-bond acceptors (Lipinski definition) is 1. The van der Waals surface area contributed by atoms with E-state index in [1.165, 1.54) is 11.6 Å². The van der Waals surface area contributed by atoms with Crippen molar-refractivity contribution < 1.29 is 4.39 Å². The topological polar surface area (TPSA) is 0 Å². The highest BCUT2D eigenvalue weighted by Crippen LogP contribution is 2.13. The van der Waals surface area contributed by atoms with Crippen molar-refractivity contribution >= 4 is 11.8 Å². The maximum atomic E-state index is 12.7. The lowest BCUT2D eigenvalue weighted by Gasteiger charge is -2.00. The second-order valence-electron chi connectivity index (χ2n) is 2.52. The molecule has 60 valence electrons. The van der Waals surface area contributed by atoms with Crippen molar-refractivity contribution in [1.29, 1.82) is 0 Å². The van der Waals surface area contributed by atoms with Crippen LogP contribution in [0.25, 0.3) is 0 Å². The highest BCUT2D eigenvalue weighted by atomic mass is 32.2. The number of halogens is 1. The van der Waals surface area contributed by atoms with E-state index < -0.39 is 0 Å². The molecular formula is C9H11FS. The minimum absolute atomic E-state index is 0.116. The molecule has 2 heteroatoms. The zero-order valence-corrected chi connectivity index (χ0v) is 7.54. The third-order valence-electron chi connectivity index (χ3n) is 1.53. The van der Waals surface area contributed by atoms with E-state index in [9.17, 15) is 4.39 Å². The average molecular weight is 170 g/mol. The smallest absolute Gasteiger partial charge is 0.126 e. The van der Waals surface area contributed by atoms with Crippen LogP contribution in [0.15, 0.2) is 18.2 Å². The molecule has 11 heavy (non-hydrogen) atoms. The molecule has 0 fully saturated rings. The molecule has 0 spiro atoms. The Kier molecular flexibility index (Phi) is 2.94. The van der Waals surface area contributed by atoms with Gasteiger partial charge in [-0.15, -0.1) is 0 Å². The second-order valence-corrected chi connectivity index (χ2v) is 3.38. The fourth-order valence-electron chi connectivity index (χ4n) is 0.963. The Hall–Kier alpha value is -0.500. The summed E-state index contributed by atoms with van der Waals surface area (Å²) in [6, 6.07) is 5.26. The number of hydrogen-bond donors (Lipinski definition) is 0. The summed E-state index contributed by atoms with van der Waals surface area (Å²) in [5.41, 5.74) is 1.92. The van der Waals surface area contributed by atoms with Crippen molar-refractivity contribution in [3.05, 3.63) is 35.1 Å². The molecule has 0 amide bonds. The van der Waals surface area contributed by atoms with Crippen molar-refractivity contribution in [3.63, 3.8) is 0 Å². The molecule has 0 atom stereocenters. The van der Waals surface area contributed by atoms with Gasteiger partial charge in [0.15, 0.2) is 0 Å². The molecule has 0 radical (unpaired) electrons. The SMILES string of the molecule is CSCc1ccc(F)c(C)c1. The Morgan fingerprint density at radius 1 is 1.45 bits per heavy atom. The molecule has 0 aliphatic carbocycles. The first-order valence-corrected chi connectivity index (χ1v) is 4.87. The van der Waals surface area contributed by atoms with Gasteiger partial charge >= 0.3 is 0 Å². The Bertz CT molecular complexity index is 245. The van der Waals surface area contributed by atoms with Gasteiger partial charge in [-0.3, -0.25) is 0 Å². The van der Waals surface area contributed by atoms with Gasteiger partial charge in [0.05, 0.1) is 0 Å². The Morgan fingerprint density at radius 2 is 2.18 bits per heavy atom. The van der Waals surface area contributed by atoms with Gasteiger partial charge in [0.25, 0.3) is 0 Å². The first-order valence-electron chi connectivity index (χ1n) is 3.48. The minimum Gasteiger partial charge on any atom is -0.207 e. The minimum atomic E-state index is -0.116. The first kappa shape index (κ1) is 8.60. The van der Waals surface area contributed by atoms with Gasteiger partial charge in [0.1, 0.15) is 5.82 Å². The Labute approximate surface area is 70.8 Å². The summed E-state index contributed by atoms with van der Waals surface area (Å²) in [5.74, 6) is 0.844. The van der Waals surface area contributed by atoms with Crippen molar-refractivity contribution in [2.45, 2.75) is 12.7 Å². The fourth-order valence-corrected chi connectivity index (χ4v) is 1.48. The van der Waals surface area contributed by atoms with E-state index in [1.807, 2.05) is 18.4 Å². The molecule has 0 heterocycles. The standard InChI is InChI=1S/C9H11FS/c1-7-5-8(6-11-2)3-4-9(7)10/h3-5H,6H2,1-2H3.